The molecule has 2 N–H and O–H groups in total. The molecule has 1 saturated heterocycles. The maximum absolute atomic E-state index is 6.21. The van der Waals surface area contributed by atoms with Gasteiger partial charge in [-0.15, -0.1) is 24.0 Å². The molecule has 1 aliphatic rings. The lowest BCUT2D eigenvalue weighted by molar-refractivity contribution is 0.0529. The Hall–Kier alpha value is -1.58. The van der Waals surface area contributed by atoms with E-state index in [0.29, 0.717) is 6.54 Å². The van der Waals surface area contributed by atoms with Crippen LogP contribution in [0.2, 0.25) is 5.02 Å². The van der Waals surface area contributed by atoms with E-state index in [1.54, 1.807) is 7.05 Å². The Balaban J connectivity index is 0.00000300. The van der Waals surface area contributed by atoms with Crippen molar-refractivity contribution in [1.29, 1.82) is 0 Å². The van der Waals surface area contributed by atoms with Gasteiger partial charge in [0.1, 0.15) is 5.82 Å². The second-order valence-electron chi connectivity index (χ2n) is 6.84. The van der Waals surface area contributed by atoms with Crippen LogP contribution in [0.1, 0.15) is 18.1 Å². The predicted molar refractivity (Wildman–Crippen MR) is 131 cm³/mol. The average Bonchev–Trinajstić information content (AvgIpc) is 2.72. The summed E-state index contributed by atoms with van der Waals surface area (Å²) in [4.78, 5) is 11.1. The molecule has 3 rings (SSSR count). The van der Waals surface area contributed by atoms with Gasteiger partial charge in [0.2, 0.25) is 0 Å². The van der Waals surface area contributed by atoms with E-state index in [-0.39, 0.29) is 30.1 Å². The van der Waals surface area contributed by atoms with Crippen molar-refractivity contribution in [2.75, 3.05) is 38.2 Å². The zero-order valence-corrected chi connectivity index (χ0v) is 20.0. The lowest BCUT2D eigenvalue weighted by atomic mass is 10.1. The highest BCUT2D eigenvalue weighted by Gasteiger charge is 2.18. The third-order valence-corrected chi connectivity index (χ3v) is 5.07. The molecular formula is C21H29ClIN5O. The van der Waals surface area contributed by atoms with Crippen molar-refractivity contribution >= 4 is 47.4 Å². The number of aromatic nitrogens is 1. The summed E-state index contributed by atoms with van der Waals surface area (Å²) in [5, 5.41) is 7.50. The van der Waals surface area contributed by atoms with Crippen LogP contribution in [-0.2, 0) is 17.7 Å². The van der Waals surface area contributed by atoms with Crippen molar-refractivity contribution in [2.24, 2.45) is 4.99 Å². The maximum Gasteiger partial charge on any atom is 0.191 e. The molecule has 6 nitrogen and oxygen atoms in total. The Labute approximate surface area is 195 Å². The predicted octanol–water partition coefficient (Wildman–Crippen LogP) is 3.49. The van der Waals surface area contributed by atoms with Gasteiger partial charge < -0.3 is 20.3 Å². The lowest BCUT2D eigenvalue weighted by Gasteiger charge is -2.32. The maximum atomic E-state index is 6.21. The number of hydrogen-bond donors (Lipinski definition) is 2. The third kappa shape index (κ3) is 7.31. The van der Waals surface area contributed by atoms with Gasteiger partial charge in [0.15, 0.2) is 5.96 Å². The summed E-state index contributed by atoms with van der Waals surface area (Å²) in [5.74, 6) is 1.77. The Bertz CT molecular complexity index is 804. The van der Waals surface area contributed by atoms with Crippen LogP contribution in [-0.4, -0.2) is 50.3 Å². The molecule has 1 aromatic heterocycles. The van der Waals surface area contributed by atoms with Crippen molar-refractivity contribution in [1.82, 2.24) is 15.6 Å². The van der Waals surface area contributed by atoms with Gasteiger partial charge in [-0.1, -0.05) is 29.8 Å². The van der Waals surface area contributed by atoms with Crippen LogP contribution < -0.4 is 15.5 Å². The van der Waals surface area contributed by atoms with E-state index >= 15 is 0 Å². The van der Waals surface area contributed by atoms with Crippen LogP contribution in [0.4, 0.5) is 5.82 Å². The second-order valence-corrected chi connectivity index (χ2v) is 7.25. The van der Waals surface area contributed by atoms with Crippen molar-refractivity contribution in [3.8, 4) is 0 Å². The molecule has 8 heteroatoms. The molecule has 2 aromatic rings. The van der Waals surface area contributed by atoms with Gasteiger partial charge in [0.25, 0.3) is 0 Å². The number of anilines is 1. The number of guanidine groups is 1. The van der Waals surface area contributed by atoms with Gasteiger partial charge >= 0.3 is 0 Å². The quantitative estimate of drug-likeness (QED) is 0.341. The van der Waals surface area contributed by atoms with E-state index in [1.807, 2.05) is 36.5 Å². The molecule has 1 aliphatic heterocycles. The minimum atomic E-state index is 0. The highest BCUT2D eigenvalue weighted by Crippen LogP contribution is 2.17. The monoisotopic (exact) mass is 529 g/mol. The summed E-state index contributed by atoms with van der Waals surface area (Å²) in [6, 6.07) is 12.1. The first-order chi connectivity index (χ1) is 13.7. The molecule has 0 radical (unpaired) electrons. The largest absolute Gasteiger partial charge is 0.375 e. The molecule has 0 aliphatic carbocycles. The number of hydrogen-bond acceptors (Lipinski definition) is 4. The molecular weight excluding hydrogens is 501 g/mol. The van der Waals surface area contributed by atoms with E-state index < -0.39 is 0 Å². The molecule has 0 bridgehead atoms. The average molecular weight is 530 g/mol. The normalized spacial score (nSPS) is 16.9. The molecule has 2 heterocycles. The zero-order valence-electron chi connectivity index (χ0n) is 16.9. The summed E-state index contributed by atoms with van der Waals surface area (Å²) >= 11 is 6.21. The van der Waals surface area contributed by atoms with Gasteiger partial charge in [-0.25, -0.2) is 4.98 Å². The third-order valence-electron chi connectivity index (χ3n) is 4.70. The Morgan fingerprint density at radius 2 is 2.14 bits per heavy atom. The van der Waals surface area contributed by atoms with Crippen LogP contribution >= 0.6 is 35.6 Å². The SMILES string of the molecule is CN=C(NCCc1ccccc1Cl)NCc1ccnc(N2CCOC(C)C2)c1.I. The van der Waals surface area contributed by atoms with E-state index in [9.17, 15) is 0 Å². The van der Waals surface area contributed by atoms with Gasteiger partial charge in [-0.3, -0.25) is 4.99 Å². The second kappa shape index (κ2) is 12.2. The number of aliphatic imine (C=N–C) groups is 1. The topological polar surface area (TPSA) is 61.8 Å². The number of benzene rings is 1. The summed E-state index contributed by atoms with van der Waals surface area (Å²) in [6.07, 6.45) is 2.94. The van der Waals surface area contributed by atoms with Gasteiger partial charge in [-0.05, 0) is 42.7 Å². The number of nitrogens with one attached hydrogen (secondary N) is 2. The molecule has 0 spiro atoms. The Morgan fingerprint density at radius 1 is 1.31 bits per heavy atom. The fourth-order valence-corrected chi connectivity index (χ4v) is 3.42. The fraction of sp³-hybridized carbons (Fsp3) is 0.429. The van der Waals surface area contributed by atoms with E-state index in [4.69, 9.17) is 16.3 Å². The first kappa shape index (κ1) is 23.7. The van der Waals surface area contributed by atoms with Crippen LogP contribution in [0.5, 0.6) is 0 Å². The van der Waals surface area contributed by atoms with E-state index in [2.05, 4.69) is 38.5 Å². The van der Waals surface area contributed by atoms with Gasteiger partial charge in [0.05, 0.1) is 12.7 Å². The number of rotatable bonds is 6. The molecule has 1 unspecified atom stereocenters. The summed E-state index contributed by atoms with van der Waals surface area (Å²) < 4.78 is 5.62. The van der Waals surface area contributed by atoms with Gasteiger partial charge in [0, 0.05) is 44.4 Å². The highest BCUT2D eigenvalue weighted by molar-refractivity contribution is 14.0. The summed E-state index contributed by atoms with van der Waals surface area (Å²) in [6.45, 7) is 6.02. The molecule has 0 saturated carbocycles. The number of nitrogens with zero attached hydrogens (tertiary/aromatic N) is 3. The first-order valence-electron chi connectivity index (χ1n) is 9.65. The van der Waals surface area contributed by atoms with Crippen molar-refractivity contribution < 1.29 is 4.74 Å². The number of ether oxygens (including phenoxy) is 1. The molecule has 158 valence electrons. The lowest BCUT2D eigenvalue weighted by Crippen LogP contribution is -2.41. The Morgan fingerprint density at radius 3 is 2.90 bits per heavy atom. The van der Waals surface area contributed by atoms with E-state index in [1.165, 1.54) is 0 Å². The smallest absolute Gasteiger partial charge is 0.191 e. The van der Waals surface area contributed by atoms with Gasteiger partial charge in [-0.2, -0.15) is 0 Å². The first-order valence-corrected chi connectivity index (χ1v) is 10.0. The van der Waals surface area contributed by atoms with Crippen molar-refractivity contribution in [3.63, 3.8) is 0 Å². The minimum Gasteiger partial charge on any atom is -0.375 e. The van der Waals surface area contributed by atoms with Crippen LogP contribution in [0, 0.1) is 0 Å². The number of pyridine rings is 1. The summed E-state index contributed by atoms with van der Waals surface area (Å²) in [7, 11) is 1.78. The summed E-state index contributed by atoms with van der Waals surface area (Å²) in [5.41, 5.74) is 2.30. The standard InChI is InChI=1S/C21H28ClN5O.HI/c1-16-15-27(11-12-28-16)20-13-17(7-9-24-20)14-26-21(23-2)25-10-8-18-5-3-4-6-19(18)22;/h3-7,9,13,16H,8,10-12,14-15H2,1-2H3,(H2,23,25,26);1H. The fourth-order valence-electron chi connectivity index (χ4n) is 3.19. The minimum absolute atomic E-state index is 0. The molecule has 1 aromatic carbocycles. The highest BCUT2D eigenvalue weighted by atomic mass is 127. The molecule has 1 atom stereocenters. The molecule has 1 fully saturated rings. The van der Waals surface area contributed by atoms with Crippen molar-refractivity contribution in [3.05, 3.63) is 58.7 Å². The van der Waals surface area contributed by atoms with Crippen LogP contribution in [0.3, 0.4) is 0 Å². The van der Waals surface area contributed by atoms with E-state index in [0.717, 1.165) is 60.6 Å². The van der Waals surface area contributed by atoms with Crippen LogP contribution in [0.15, 0.2) is 47.6 Å². The Kier molecular flexibility index (Phi) is 9.96. The molecule has 29 heavy (non-hydrogen) atoms. The zero-order chi connectivity index (χ0) is 19.8. The molecule has 0 amide bonds. The van der Waals surface area contributed by atoms with Crippen molar-refractivity contribution in [2.45, 2.75) is 26.0 Å². The number of halogens is 2. The van der Waals surface area contributed by atoms with Crippen LogP contribution in [0.25, 0.3) is 0 Å². The number of morpholine rings is 1.